The lowest BCUT2D eigenvalue weighted by molar-refractivity contribution is 0.0698. The van der Waals surface area contributed by atoms with Crippen LogP contribution in [0.25, 0.3) is 33.3 Å². The van der Waals surface area contributed by atoms with Gasteiger partial charge in [0.1, 0.15) is 23.0 Å². The van der Waals surface area contributed by atoms with E-state index in [-0.39, 0.29) is 22.0 Å². The first kappa shape index (κ1) is 18.7. The number of nitrogens with zero attached hydrogens (tertiary/aromatic N) is 1. The maximum Gasteiger partial charge on any atom is 0.336 e. The smallest absolute Gasteiger partial charge is 0.336 e. The van der Waals surface area contributed by atoms with Crippen LogP contribution in [0.2, 0.25) is 0 Å². The summed E-state index contributed by atoms with van der Waals surface area (Å²) in [6, 6.07) is 14.0. The number of fused-ring (bicyclic) bond motifs is 1. The first-order valence-corrected chi connectivity index (χ1v) is 8.75. The van der Waals surface area contributed by atoms with Gasteiger partial charge in [-0.25, -0.2) is 22.9 Å². The van der Waals surface area contributed by atoms with Crippen molar-refractivity contribution in [2.24, 2.45) is 0 Å². The topological polar surface area (TPSA) is 50.2 Å². The highest BCUT2D eigenvalue weighted by Gasteiger charge is 2.20. The predicted molar refractivity (Wildman–Crippen MR) is 104 cm³/mol. The van der Waals surface area contributed by atoms with Gasteiger partial charge in [0.25, 0.3) is 0 Å². The number of carbonyl (C=O) groups is 1. The van der Waals surface area contributed by atoms with Crippen molar-refractivity contribution in [3.05, 3.63) is 89.2 Å². The van der Waals surface area contributed by atoms with E-state index >= 15 is 0 Å². The Morgan fingerprint density at radius 3 is 2.24 bits per heavy atom. The molecule has 0 unspecified atom stereocenters. The summed E-state index contributed by atoms with van der Waals surface area (Å²) in [5.41, 5.74) is 1.99. The fourth-order valence-corrected chi connectivity index (χ4v) is 3.43. The molecule has 0 aliphatic rings. The number of pyridine rings is 1. The Hall–Kier alpha value is -3.67. The van der Waals surface area contributed by atoms with Crippen molar-refractivity contribution in [2.75, 3.05) is 0 Å². The molecule has 4 aromatic rings. The Balaban J connectivity index is 1.88. The number of hydrogen-bond donors (Lipinski definition) is 1. The molecule has 0 radical (unpaired) electrons. The molecular formula is C23H14F3NO2. The molecule has 1 heterocycles. The number of rotatable bonds is 3. The van der Waals surface area contributed by atoms with Crippen LogP contribution >= 0.6 is 0 Å². The third kappa shape index (κ3) is 3.23. The van der Waals surface area contributed by atoms with E-state index in [1.165, 1.54) is 30.3 Å². The second-order valence-corrected chi connectivity index (χ2v) is 6.60. The summed E-state index contributed by atoms with van der Waals surface area (Å²) < 4.78 is 41.4. The van der Waals surface area contributed by atoms with Crippen LogP contribution < -0.4 is 0 Å². The summed E-state index contributed by atoms with van der Waals surface area (Å²) in [6.07, 6.45) is 0. The molecule has 29 heavy (non-hydrogen) atoms. The van der Waals surface area contributed by atoms with Gasteiger partial charge >= 0.3 is 5.97 Å². The number of benzene rings is 3. The van der Waals surface area contributed by atoms with E-state index in [0.29, 0.717) is 22.4 Å². The van der Waals surface area contributed by atoms with Crippen LogP contribution in [0.5, 0.6) is 0 Å². The lowest BCUT2D eigenvalue weighted by Gasteiger charge is -2.13. The van der Waals surface area contributed by atoms with Gasteiger partial charge in [0.05, 0.1) is 11.3 Å². The SMILES string of the molecule is Cc1c(-c2ccc(-c3ccc(F)cc3F)cc2)nc2c(F)cccc2c1C(=O)O. The normalized spacial score (nSPS) is 11.0. The highest BCUT2D eigenvalue weighted by molar-refractivity contribution is 6.05. The molecule has 0 amide bonds. The van der Waals surface area contributed by atoms with E-state index in [0.717, 1.165) is 6.07 Å². The Kier molecular flexibility index (Phi) is 4.54. The van der Waals surface area contributed by atoms with E-state index in [2.05, 4.69) is 4.98 Å². The maximum atomic E-state index is 14.3. The Morgan fingerprint density at radius 1 is 0.897 bits per heavy atom. The number of halogens is 3. The number of carboxylic acids is 1. The largest absolute Gasteiger partial charge is 0.478 e. The summed E-state index contributed by atoms with van der Waals surface area (Å²) in [7, 11) is 0. The van der Waals surface area contributed by atoms with Crippen LogP contribution in [0.3, 0.4) is 0 Å². The van der Waals surface area contributed by atoms with E-state index < -0.39 is 23.4 Å². The van der Waals surface area contributed by atoms with Crippen molar-refractivity contribution in [2.45, 2.75) is 6.92 Å². The fraction of sp³-hybridized carbons (Fsp3) is 0.0435. The molecule has 1 aromatic heterocycles. The van der Waals surface area contributed by atoms with Crippen LogP contribution in [-0.4, -0.2) is 16.1 Å². The van der Waals surface area contributed by atoms with Gasteiger partial charge in [-0.15, -0.1) is 0 Å². The molecule has 3 aromatic carbocycles. The van der Waals surface area contributed by atoms with E-state index in [9.17, 15) is 23.1 Å². The van der Waals surface area contributed by atoms with Crippen molar-refractivity contribution >= 4 is 16.9 Å². The molecule has 6 heteroatoms. The highest BCUT2D eigenvalue weighted by Crippen LogP contribution is 2.32. The second kappa shape index (κ2) is 7.05. The van der Waals surface area contributed by atoms with Crippen molar-refractivity contribution in [3.63, 3.8) is 0 Å². The molecule has 0 fully saturated rings. The quantitative estimate of drug-likeness (QED) is 0.465. The molecule has 0 saturated carbocycles. The van der Waals surface area contributed by atoms with Gasteiger partial charge in [0.15, 0.2) is 0 Å². The number of carboxylic acid groups (broad SMARTS) is 1. The van der Waals surface area contributed by atoms with Gasteiger partial charge in [-0.1, -0.05) is 36.4 Å². The maximum absolute atomic E-state index is 14.3. The van der Waals surface area contributed by atoms with E-state index in [4.69, 9.17) is 0 Å². The highest BCUT2D eigenvalue weighted by atomic mass is 19.1. The molecule has 0 saturated heterocycles. The first-order chi connectivity index (χ1) is 13.9. The molecule has 0 aliphatic heterocycles. The second-order valence-electron chi connectivity index (χ2n) is 6.60. The Bertz CT molecular complexity index is 1270. The number of para-hydroxylation sites is 1. The van der Waals surface area contributed by atoms with Crippen LogP contribution in [-0.2, 0) is 0 Å². The molecule has 144 valence electrons. The minimum atomic E-state index is -1.17. The molecule has 0 aliphatic carbocycles. The third-order valence-corrected chi connectivity index (χ3v) is 4.82. The first-order valence-electron chi connectivity index (χ1n) is 8.75. The van der Waals surface area contributed by atoms with E-state index in [1.807, 2.05) is 0 Å². The van der Waals surface area contributed by atoms with Crippen LogP contribution in [0, 0.1) is 24.4 Å². The molecule has 4 rings (SSSR count). The van der Waals surface area contributed by atoms with Gasteiger partial charge in [-0.2, -0.15) is 0 Å². The van der Waals surface area contributed by atoms with Gasteiger partial charge in [-0.3, -0.25) is 0 Å². The summed E-state index contributed by atoms with van der Waals surface area (Å²) >= 11 is 0. The Morgan fingerprint density at radius 2 is 1.59 bits per heavy atom. The average molecular weight is 393 g/mol. The number of aromatic carboxylic acids is 1. The monoisotopic (exact) mass is 393 g/mol. The van der Waals surface area contributed by atoms with Crippen molar-refractivity contribution < 1.29 is 23.1 Å². The predicted octanol–water partition coefficient (Wildman–Crippen LogP) is 5.99. The van der Waals surface area contributed by atoms with Gasteiger partial charge in [0, 0.05) is 22.6 Å². The molecule has 1 N–H and O–H groups in total. The summed E-state index contributed by atoms with van der Waals surface area (Å²) in [5.74, 6) is -3.14. The average Bonchev–Trinajstić information content (AvgIpc) is 2.68. The molecular weight excluding hydrogens is 379 g/mol. The minimum Gasteiger partial charge on any atom is -0.478 e. The number of hydrogen-bond acceptors (Lipinski definition) is 2. The van der Waals surface area contributed by atoms with Crippen LogP contribution in [0.1, 0.15) is 15.9 Å². The fourth-order valence-electron chi connectivity index (χ4n) is 3.43. The van der Waals surface area contributed by atoms with Crippen LogP contribution in [0.15, 0.2) is 60.7 Å². The lowest BCUT2D eigenvalue weighted by atomic mass is 9.96. The summed E-state index contributed by atoms with van der Waals surface area (Å²) in [4.78, 5) is 16.2. The van der Waals surface area contributed by atoms with Gasteiger partial charge < -0.3 is 5.11 Å². The Labute approximate surface area is 164 Å². The third-order valence-electron chi connectivity index (χ3n) is 4.82. The van der Waals surface area contributed by atoms with Crippen molar-refractivity contribution in [1.29, 1.82) is 0 Å². The zero-order valence-corrected chi connectivity index (χ0v) is 15.2. The number of aromatic nitrogens is 1. The molecule has 0 spiro atoms. The van der Waals surface area contributed by atoms with Gasteiger partial charge in [0.2, 0.25) is 0 Å². The summed E-state index contributed by atoms with van der Waals surface area (Å²) in [6.45, 7) is 1.61. The standard InChI is InChI=1S/C23H14F3NO2/c1-12-20(23(28)29)17-3-2-4-18(25)22(17)27-21(12)14-7-5-13(6-8-14)16-10-9-15(24)11-19(16)26/h2-11H,1H3,(H,28,29). The zero-order valence-electron chi connectivity index (χ0n) is 15.2. The van der Waals surface area contributed by atoms with E-state index in [1.54, 1.807) is 31.2 Å². The molecule has 3 nitrogen and oxygen atoms in total. The molecule has 0 atom stereocenters. The van der Waals surface area contributed by atoms with Crippen molar-refractivity contribution in [1.82, 2.24) is 4.98 Å². The van der Waals surface area contributed by atoms with Crippen molar-refractivity contribution in [3.8, 4) is 22.4 Å². The zero-order chi connectivity index (χ0) is 20.7. The minimum absolute atomic E-state index is 0.0156. The summed E-state index contributed by atoms with van der Waals surface area (Å²) in [5, 5.41) is 9.87. The van der Waals surface area contributed by atoms with Crippen LogP contribution in [0.4, 0.5) is 13.2 Å². The van der Waals surface area contributed by atoms with Gasteiger partial charge in [-0.05, 0) is 36.2 Å². The molecule has 0 bridgehead atoms. The lowest BCUT2D eigenvalue weighted by Crippen LogP contribution is -2.05.